The van der Waals surface area contributed by atoms with E-state index >= 15 is 0 Å². The average molecular weight is 526 g/mol. The fraction of sp³-hybridized carbons (Fsp3) is 0.333. The molecule has 19 heavy (non-hydrogen) atoms. The van der Waals surface area contributed by atoms with Crippen LogP contribution in [0.3, 0.4) is 0 Å². The zero-order valence-electron chi connectivity index (χ0n) is 8.72. The first-order valence-corrected chi connectivity index (χ1v) is 7.71. The molecule has 0 aliphatic rings. The van der Waals surface area contributed by atoms with Gasteiger partial charge in [0.25, 0.3) is 0 Å². The van der Waals surface area contributed by atoms with Gasteiger partial charge in [0, 0.05) is 21.1 Å². The summed E-state index contributed by atoms with van der Waals surface area (Å²) in [5.74, 6) is 0. The van der Waals surface area contributed by atoms with Crippen LogP contribution >= 0.6 is 33.0 Å². The third kappa shape index (κ3) is 55.7. The molecule has 0 rings (SSSR count). The molecule has 4 atom stereocenters. The molecule has 110 valence electrons. The van der Waals surface area contributed by atoms with Crippen molar-refractivity contribution in [2.24, 2.45) is 0 Å². The van der Waals surface area contributed by atoms with Gasteiger partial charge in [-0.3, -0.25) is 0 Å². The average Bonchev–Trinajstić information content (AvgIpc) is 2.14. The summed E-state index contributed by atoms with van der Waals surface area (Å²) in [6.45, 7) is 3.31. The van der Waals surface area contributed by atoms with Crippen LogP contribution in [-0.2, 0) is 47.9 Å². The van der Waals surface area contributed by atoms with E-state index in [1.54, 1.807) is 0 Å². The van der Waals surface area contributed by atoms with Gasteiger partial charge in [0.15, 0.2) is 0 Å². The Hall–Kier alpha value is 0.548. The van der Waals surface area contributed by atoms with Crippen molar-refractivity contribution in [3.63, 3.8) is 0 Å². The molecule has 0 fully saturated rings. The summed E-state index contributed by atoms with van der Waals surface area (Å²) in [7, 11) is -12.9. The minimum absolute atomic E-state index is 0. The maximum absolute atomic E-state index is 9.24. The summed E-state index contributed by atoms with van der Waals surface area (Å²) in [5.41, 5.74) is 0. The Bertz CT molecular complexity index is 256. The molecule has 0 aromatic rings. The largest absolute Gasteiger partial charge is 0.563 e. The van der Waals surface area contributed by atoms with Crippen LogP contribution in [0.25, 0.3) is 0 Å². The first-order valence-electron chi connectivity index (χ1n) is 3.32. The van der Waals surface area contributed by atoms with Crippen molar-refractivity contribution in [2.45, 2.75) is 0 Å². The molecule has 16 heteroatoms. The summed E-state index contributed by atoms with van der Waals surface area (Å²) >= 11 is 0. The Morgan fingerprint density at radius 2 is 1.05 bits per heavy atom. The first kappa shape index (κ1) is 27.8. The molecule has 0 aliphatic heterocycles. The van der Waals surface area contributed by atoms with Crippen LogP contribution in [0, 0.1) is 0 Å². The topological polar surface area (TPSA) is 199 Å². The van der Waals surface area contributed by atoms with E-state index in [0.29, 0.717) is 0 Å². The smallest absolute Gasteiger partial charge is 0.543 e. The monoisotopic (exact) mass is 526 g/mol. The molecule has 0 spiro atoms. The second-order valence-corrected chi connectivity index (χ2v) is 4.62. The molecule has 1 N–H and O–H groups in total. The van der Waals surface area contributed by atoms with Gasteiger partial charge in [0.1, 0.15) is 8.62 Å². The van der Waals surface area contributed by atoms with E-state index in [-0.39, 0.29) is 27.7 Å². The standard InChI is InChI=1S/C3H6O.2O5P2.W/c1-2-3-4;2*1-6(2)5-7(3)4;/h2,4H,1,3H2;;;. The second kappa shape index (κ2) is 20.9. The predicted octanol–water partition coefficient (Wildman–Crippen LogP) is -1.76. The molecular formula is C3H6O11P4W. The van der Waals surface area contributed by atoms with Gasteiger partial charge in [-0.2, -0.15) is 0 Å². The Morgan fingerprint density at radius 1 is 0.895 bits per heavy atom. The van der Waals surface area contributed by atoms with Crippen LogP contribution in [0.2, 0.25) is 0 Å². The van der Waals surface area contributed by atoms with E-state index in [1.807, 2.05) is 0 Å². The maximum Gasteiger partial charge on any atom is 0.543 e. The van der Waals surface area contributed by atoms with Crippen molar-refractivity contribution in [1.29, 1.82) is 0 Å². The molecule has 4 unspecified atom stereocenters. The summed E-state index contributed by atoms with van der Waals surface area (Å²) in [4.78, 5) is 37.0. The summed E-state index contributed by atoms with van der Waals surface area (Å²) in [6, 6.07) is 0. The van der Waals surface area contributed by atoms with Gasteiger partial charge in [-0.25, -0.2) is 0 Å². The number of aliphatic hydroxyl groups is 1. The van der Waals surface area contributed by atoms with E-state index in [2.05, 4.69) is 15.2 Å². The first-order chi connectivity index (χ1) is 8.17. The molecule has 11 nitrogen and oxygen atoms in total. The fourth-order valence-electron chi connectivity index (χ4n) is 0.109. The van der Waals surface area contributed by atoms with Gasteiger partial charge in [-0.1, -0.05) is 6.08 Å². The van der Waals surface area contributed by atoms with Crippen LogP contribution < -0.4 is 19.6 Å². The molecule has 0 aliphatic carbocycles. The van der Waals surface area contributed by atoms with Crippen molar-refractivity contribution < 1.29 is 72.6 Å². The van der Waals surface area contributed by atoms with Crippen molar-refractivity contribution >= 4 is 33.0 Å². The summed E-state index contributed by atoms with van der Waals surface area (Å²) in [5, 5.41) is 7.76. The fourth-order valence-corrected chi connectivity index (χ4v) is 0.980. The van der Waals surface area contributed by atoms with E-state index in [4.69, 9.17) is 5.11 Å². The molecule has 0 heterocycles. The van der Waals surface area contributed by atoms with Crippen LogP contribution in [0.1, 0.15) is 0 Å². The van der Waals surface area contributed by atoms with Gasteiger partial charge >= 0.3 is 33.0 Å². The Morgan fingerprint density at radius 3 is 1.05 bits per heavy atom. The third-order valence-electron chi connectivity index (χ3n) is 0.396. The molecule has 0 amide bonds. The summed E-state index contributed by atoms with van der Waals surface area (Å²) < 4.78 is 43.3. The van der Waals surface area contributed by atoms with Crippen molar-refractivity contribution in [1.82, 2.24) is 0 Å². The Balaban J connectivity index is -0.0000000900. The molecule has 0 radical (unpaired) electrons. The number of hydrogen-bond acceptors (Lipinski definition) is 11. The third-order valence-corrected chi connectivity index (χ3v) is 2.53. The predicted molar refractivity (Wildman–Crippen MR) is 49.9 cm³/mol. The van der Waals surface area contributed by atoms with Crippen molar-refractivity contribution in [3.05, 3.63) is 12.7 Å². The van der Waals surface area contributed by atoms with Gasteiger partial charge in [-0.15, -0.1) is 6.58 Å². The minimum atomic E-state index is -3.24. The van der Waals surface area contributed by atoms with Gasteiger partial charge in [0.2, 0.25) is 0 Å². The van der Waals surface area contributed by atoms with Crippen LogP contribution in [0.5, 0.6) is 0 Å². The molecule has 0 aromatic heterocycles. The van der Waals surface area contributed by atoms with E-state index in [9.17, 15) is 37.8 Å². The number of hydrogen-bond donors (Lipinski definition) is 1. The zero-order chi connectivity index (χ0) is 15.1. The van der Waals surface area contributed by atoms with Crippen molar-refractivity contribution in [2.75, 3.05) is 6.61 Å². The van der Waals surface area contributed by atoms with Crippen molar-refractivity contribution in [3.8, 4) is 0 Å². The van der Waals surface area contributed by atoms with Gasteiger partial charge in [0.05, 0.1) is 6.61 Å². The van der Waals surface area contributed by atoms with Crippen LogP contribution in [0.15, 0.2) is 12.7 Å². The minimum Gasteiger partial charge on any atom is -0.563 e. The molecule has 0 aromatic carbocycles. The second-order valence-electron chi connectivity index (χ2n) is 1.53. The Labute approximate surface area is 125 Å². The SMILES string of the molecule is C=CCO.O=[P+]([O-])O[P+](=O)[O-].O=[P+]([O-])O[P+](=O)[O-].[W]. The Kier molecular flexibility index (Phi) is 30.5. The van der Waals surface area contributed by atoms with Gasteiger partial charge < -0.3 is 24.7 Å². The normalized spacial score (nSPS) is 11.2. The molecule has 0 bridgehead atoms. The zero-order valence-corrected chi connectivity index (χ0v) is 15.2. The summed E-state index contributed by atoms with van der Waals surface area (Å²) in [6.07, 6.45) is 1.43. The van der Waals surface area contributed by atoms with E-state index in [1.165, 1.54) is 6.08 Å². The van der Waals surface area contributed by atoms with Gasteiger partial charge in [-0.05, 0) is 18.3 Å². The number of rotatable bonds is 5. The molecule has 0 saturated carbocycles. The van der Waals surface area contributed by atoms with Crippen LogP contribution in [0.4, 0.5) is 0 Å². The quantitative estimate of drug-likeness (QED) is 0.315. The van der Waals surface area contributed by atoms with Crippen LogP contribution in [-0.4, -0.2) is 11.7 Å². The maximum atomic E-state index is 9.24. The molecule has 0 saturated heterocycles. The molecular weight excluding hydrogens is 520 g/mol. The van der Waals surface area contributed by atoms with E-state index in [0.717, 1.165) is 0 Å². The van der Waals surface area contributed by atoms with E-state index < -0.39 is 33.0 Å². The number of aliphatic hydroxyl groups excluding tert-OH is 1.